The molecule has 1 spiro atoms. The number of halogens is 1. The van der Waals surface area contributed by atoms with E-state index in [1.165, 1.54) is 18.5 Å². The van der Waals surface area contributed by atoms with Crippen LogP contribution in [0.2, 0.25) is 0 Å². The largest absolute Gasteiger partial charge is 0.370 e. The van der Waals surface area contributed by atoms with Crippen molar-refractivity contribution in [2.24, 2.45) is 5.41 Å². The molecule has 28 heavy (non-hydrogen) atoms. The summed E-state index contributed by atoms with van der Waals surface area (Å²) in [4.78, 5) is 9.26. The molecule has 0 bridgehead atoms. The lowest BCUT2D eigenvalue weighted by molar-refractivity contribution is 0.174. The zero-order valence-corrected chi connectivity index (χ0v) is 17.6. The van der Waals surface area contributed by atoms with Crippen LogP contribution in [0.15, 0.2) is 53.1 Å². The van der Waals surface area contributed by atoms with E-state index in [1.54, 1.807) is 0 Å². The van der Waals surface area contributed by atoms with Gasteiger partial charge in [0.05, 0.1) is 5.69 Å². The van der Waals surface area contributed by atoms with E-state index in [2.05, 4.69) is 84.2 Å². The molecule has 2 fully saturated rings. The predicted octanol–water partition coefficient (Wildman–Crippen LogP) is 4.65. The Labute approximate surface area is 173 Å². The van der Waals surface area contributed by atoms with Crippen molar-refractivity contribution in [1.29, 1.82) is 0 Å². The van der Waals surface area contributed by atoms with Crippen molar-refractivity contribution in [3.05, 3.63) is 58.8 Å². The highest BCUT2D eigenvalue weighted by molar-refractivity contribution is 9.10. The quantitative estimate of drug-likeness (QED) is 0.647. The van der Waals surface area contributed by atoms with Crippen LogP contribution in [0.5, 0.6) is 0 Å². The minimum absolute atomic E-state index is 0.379. The van der Waals surface area contributed by atoms with Gasteiger partial charge in [0.1, 0.15) is 0 Å². The molecule has 6 heteroatoms. The number of aryl methyl sites for hydroxylation is 1. The third-order valence-electron chi connectivity index (χ3n) is 5.98. The highest BCUT2D eigenvalue weighted by Crippen LogP contribution is 2.42. The molecule has 0 saturated carbocycles. The van der Waals surface area contributed by atoms with Gasteiger partial charge < -0.3 is 9.80 Å². The van der Waals surface area contributed by atoms with Gasteiger partial charge in [-0.05, 0) is 44.0 Å². The SMILES string of the molecule is Cc1cc(N2CC3(CCCN(c4cc(-c5cccc(Br)c5)[nH]n4)C3)C2)ccn1. The summed E-state index contributed by atoms with van der Waals surface area (Å²) in [5.41, 5.74) is 4.98. The van der Waals surface area contributed by atoms with Crippen molar-refractivity contribution < 1.29 is 0 Å². The fourth-order valence-corrected chi connectivity index (χ4v) is 5.01. The van der Waals surface area contributed by atoms with Gasteiger partial charge in [0.2, 0.25) is 0 Å². The van der Waals surface area contributed by atoms with Crippen LogP contribution in [0.3, 0.4) is 0 Å². The number of nitrogens with zero attached hydrogens (tertiary/aromatic N) is 4. The van der Waals surface area contributed by atoms with Crippen LogP contribution in [0.25, 0.3) is 11.3 Å². The zero-order valence-electron chi connectivity index (χ0n) is 16.0. The van der Waals surface area contributed by atoms with Gasteiger partial charge >= 0.3 is 0 Å². The summed E-state index contributed by atoms with van der Waals surface area (Å²) < 4.78 is 1.08. The smallest absolute Gasteiger partial charge is 0.151 e. The Morgan fingerprint density at radius 3 is 2.75 bits per heavy atom. The van der Waals surface area contributed by atoms with E-state index in [0.717, 1.165) is 53.4 Å². The first-order valence-electron chi connectivity index (χ1n) is 9.84. The van der Waals surface area contributed by atoms with Crippen molar-refractivity contribution in [3.63, 3.8) is 0 Å². The number of anilines is 2. The lowest BCUT2D eigenvalue weighted by Crippen LogP contribution is -2.63. The monoisotopic (exact) mass is 437 g/mol. The molecule has 2 aromatic heterocycles. The Morgan fingerprint density at radius 1 is 1.07 bits per heavy atom. The second kappa shape index (κ2) is 6.92. The number of pyridine rings is 1. The minimum Gasteiger partial charge on any atom is -0.370 e. The predicted molar refractivity (Wildman–Crippen MR) is 117 cm³/mol. The van der Waals surface area contributed by atoms with Crippen LogP contribution in [0.4, 0.5) is 11.5 Å². The number of nitrogens with one attached hydrogen (secondary N) is 1. The van der Waals surface area contributed by atoms with Crippen molar-refractivity contribution in [2.45, 2.75) is 19.8 Å². The van der Waals surface area contributed by atoms with Gasteiger partial charge in [0.15, 0.2) is 5.82 Å². The van der Waals surface area contributed by atoms with Gasteiger partial charge in [-0.2, -0.15) is 5.10 Å². The van der Waals surface area contributed by atoms with Crippen LogP contribution < -0.4 is 9.80 Å². The molecule has 2 aliphatic rings. The van der Waals surface area contributed by atoms with E-state index in [9.17, 15) is 0 Å². The number of hydrogen-bond donors (Lipinski definition) is 1. The summed E-state index contributed by atoms with van der Waals surface area (Å²) in [6.07, 6.45) is 4.44. The highest BCUT2D eigenvalue weighted by atomic mass is 79.9. The van der Waals surface area contributed by atoms with E-state index >= 15 is 0 Å². The Morgan fingerprint density at radius 2 is 1.93 bits per heavy atom. The highest BCUT2D eigenvalue weighted by Gasteiger charge is 2.46. The minimum atomic E-state index is 0.379. The zero-order chi connectivity index (χ0) is 19.1. The number of rotatable bonds is 3. The topological polar surface area (TPSA) is 48.0 Å². The summed E-state index contributed by atoms with van der Waals surface area (Å²) in [7, 11) is 0. The first kappa shape index (κ1) is 17.7. The Balaban J connectivity index is 1.29. The summed E-state index contributed by atoms with van der Waals surface area (Å²) in [6, 6.07) is 14.8. The van der Waals surface area contributed by atoms with Crippen molar-refractivity contribution >= 4 is 27.4 Å². The molecular weight excluding hydrogens is 414 g/mol. The molecule has 0 amide bonds. The average molecular weight is 438 g/mol. The van der Waals surface area contributed by atoms with Gasteiger partial charge in [-0.1, -0.05) is 28.1 Å². The Bertz CT molecular complexity index is 992. The number of hydrogen-bond acceptors (Lipinski definition) is 4. The van der Waals surface area contributed by atoms with Gasteiger partial charge in [-0.15, -0.1) is 0 Å². The second-order valence-corrected chi connectivity index (χ2v) is 9.10. The molecule has 3 aromatic rings. The molecular formula is C22H24BrN5. The van der Waals surface area contributed by atoms with Crippen molar-refractivity contribution in [3.8, 4) is 11.3 Å². The van der Waals surface area contributed by atoms with E-state index in [1.807, 2.05) is 12.3 Å². The molecule has 5 nitrogen and oxygen atoms in total. The third kappa shape index (κ3) is 3.30. The summed E-state index contributed by atoms with van der Waals surface area (Å²) in [5, 5.41) is 7.84. The third-order valence-corrected chi connectivity index (χ3v) is 6.48. The molecule has 0 atom stereocenters. The van der Waals surface area contributed by atoms with Crippen LogP contribution in [0.1, 0.15) is 18.5 Å². The molecule has 0 aliphatic carbocycles. The van der Waals surface area contributed by atoms with E-state index in [-0.39, 0.29) is 0 Å². The standard InChI is InChI=1S/C22H24BrN5/c1-16-10-19(6-8-24-16)28-14-22(15-28)7-3-9-27(13-22)21-12-20(25-26-21)17-4-2-5-18(23)11-17/h2,4-6,8,10-12H,3,7,9,13-15H2,1H3,(H,25,26). The fourth-order valence-electron chi connectivity index (χ4n) is 4.61. The fraction of sp³-hybridized carbons (Fsp3) is 0.364. The summed E-state index contributed by atoms with van der Waals surface area (Å²) in [6.45, 7) is 6.46. The van der Waals surface area contributed by atoms with Crippen LogP contribution in [-0.2, 0) is 0 Å². The lowest BCUT2D eigenvalue weighted by Gasteiger charge is -2.55. The number of piperidine rings is 1. The second-order valence-electron chi connectivity index (χ2n) is 8.19. The first-order valence-corrected chi connectivity index (χ1v) is 10.6. The summed E-state index contributed by atoms with van der Waals surface area (Å²) in [5.74, 6) is 1.06. The molecule has 4 heterocycles. The summed E-state index contributed by atoms with van der Waals surface area (Å²) >= 11 is 3.55. The van der Waals surface area contributed by atoms with Gasteiger partial charge in [-0.3, -0.25) is 10.1 Å². The molecule has 144 valence electrons. The number of aromatic amines is 1. The van der Waals surface area contributed by atoms with E-state index in [0.29, 0.717) is 5.41 Å². The molecule has 1 N–H and O–H groups in total. The van der Waals surface area contributed by atoms with Gasteiger partial charge in [0, 0.05) is 65.3 Å². The van der Waals surface area contributed by atoms with E-state index < -0.39 is 0 Å². The number of benzene rings is 1. The van der Waals surface area contributed by atoms with Crippen LogP contribution >= 0.6 is 15.9 Å². The molecule has 1 aromatic carbocycles. The lowest BCUT2D eigenvalue weighted by atomic mass is 9.73. The molecule has 5 rings (SSSR count). The Kier molecular flexibility index (Phi) is 4.38. The van der Waals surface area contributed by atoms with E-state index in [4.69, 9.17) is 0 Å². The maximum Gasteiger partial charge on any atom is 0.151 e. The van der Waals surface area contributed by atoms with Crippen molar-refractivity contribution in [1.82, 2.24) is 15.2 Å². The normalized spacial score (nSPS) is 18.4. The molecule has 0 unspecified atom stereocenters. The molecule has 2 saturated heterocycles. The number of H-pyrrole nitrogens is 1. The van der Waals surface area contributed by atoms with Gasteiger partial charge in [-0.25, -0.2) is 0 Å². The Hall–Kier alpha value is -2.34. The van der Waals surface area contributed by atoms with Crippen molar-refractivity contribution in [2.75, 3.05) is 36.0 Å². The van der Waals surface area contributed by atoms with Crippen LogP contribution in [-0.4, -0.2) is 41.4 Å². The molecule has 2 aliphatic heterocycles. The maximum absolute atomic E-state index is 4.62. The first-order chi connectivity index (χ1) is 13.6. The average Bonchev–Trinajstić information content (AvgIpc) is 3.16. The maximum atomic E-state index is 4.62. The molecule has 0 radical (unpaired) electrons. The van der Waals surface area contributed by atoms with Gasteiger partial charge in [0.25, 0.3) is 0 Å². The number of aromatic nitrogens is 3. The van der Waals surface area contributed by atoms with Crippen LogP contribution in [0, 0.1) is 12.3 Å².